The summed E-state index contributed by atoms with van der Waals surface area (Å²) in [6.45, 7) is 1.83. The molecular weight excluding hydrogens is 190 g/mol. The predicted octanol–water partition coefficient (Wildman–Crippen LogP) is 1.37. The lowest BCUT2D eigenvalue weighted by Gasteiger charge is -2.08. The van der Waals surface area contributed by atoms with Crippen molar-refractivity contribution >= 4 is 11.6 Å². The molecule has 0 spiro atoms. The minimum absolute atomic E-state index is 0.147. The second-order valence-corrected chi connectivity index (χ2v) is 2.90. The maximum absolute atomic E-state index is 11.3. The number of rotatable bonds is 2. The summed E-state index contributed by atoms with van der Waals surface area (Å²) in [6.07, 6.45) is 1.86. The molecular formula is C8H8ClN3O. The summed E-state index contributed by atoms with van der Waals surface area (Å²) in [6, 6.07) is 2.74. The van der Waals surface area contributed by atoms with Gasteiger partial charge in [-0.3, -0.25) is 9.36 Å². The van der Waals surface area contributed by atoms with Crippen LogP contribution in [0.4, 0.5) is 0 Å². The Morgan fingerprint density at radius 2 is 2.54 bits per heavy atom. The molecule has 5 heteroatoms. The maximum Gasteiger partial charge on any atom is 0.255 e. The van der Waals surface area contributed by atoms with E-state index in [0.717, 1.165) is 0 Å². The van der Waals surface area contributed by atoms with Crippen molar-refractivity contribution in [2.24, 2.45) is 0 Å². The molecule has 0 aliphatic heterocycles. The zero-order valence-electron chi connectivity index (χ0n) is 7.07. The predicted molar refractivity (Wildman–Crippen MR) is 48.4 cm³/mol. The van der Waals surface area contributed by atoms with Crippen molar-refractivity contribution in [3.8, 4) is 6.07 Å². The zero-order chi connectivity index (χ0) is 9.84. The molecule has 0 N–H and O–H groups in total. The van der Waals surface area contributed by atoms with Crippen LogP contribution in [0, 0.1) is 11.3 Å². The Labute approximate surface area is 80.4 Å². The van der Waals surface area contributed by atoms with Gasteiger partial charge in [-0.1, -0.05) is 18.5 Å². The van der Waals surface area contributed by atoms with Gasteiger partial charge in [0.1, 0.15) is 17.5 Å². The molecule has 0 aromatic carbocycles. The molecule has 0 fully saturated rings. The molecule has 68 valence electrons. The van der Waals surface area contributed by atoms with E-state index in [2.05, 4.69) is 4.98 Å². The van der Waals surface area contributed by atoms with Crippen molar-refractivity contribution in [2.75, 3.05) is 0 Å². The van der Waals surface area contributed by atoms with Gasteiger partial charge < -0.3 is 0 Å². The Balaban J connectivity index is 3.17. The largest absolute Gasteiger partial charge is 0.282 e. The normalized spacial score (nSPS) is 12.1. The van der Waals surface area contributed by atoms with Crippen LogP contribution >= 0.6 is 11.6 Å². The fourth-order valence-electron chi connectivity index (χ4n) is 0.972. The maximum atomic E-state index is 11.3. The number of aromatic nitrogens is 2. The molecule has 13 heavy (non-hydrogen) atoms. The van der Waals surface area contributed by atoms with Crippen molar-refractivity contribution in [3.05, 3.63) is 27.9 Å². The van der Waals surface area contributed by atoms with Gasteiger partial charge in [-0.2, -0.15) is 5.26 Å². The molecule has 4 nitrogen and oxygen atoms in total. The summed E-state index contributed by atoms with van der Waals surface area (Å²) < 4.78 is 1.27. The second-order valence-electron chi connectivity index (χ2n) is 2.51. The molecule has 0 amide bonds. The number of hydrogen-bond donors (Lipinski definition) is 0. The van der Waals surface area contributed by atoms with Crippen molar-refractivity contribution in [1.29, 1.82) is 5.26 Å². The topological polar surface area (TPSA) is 58.7 Å². The SMILES string of the molecule is CCC(C#N)n1cnc(Cl)cc1=O. The Morgan fingerprint density at radius 3 is 3.00 bits per heavy atom. The van der Waals surface area contributed by atoms with Crippen LogP contribution in [0.1, 0.15) is 19.4 Å². The first-order valence-corrected chi connectivity index (χ1v) is 4.20. The van der Waals surface area contributed by atoms with Crippen LogP contribution in [-0.4, -0.2) is 9.55 Å². The summed E-state index contributed by atoms with van der Waals surface area (Å²) in [5.74, 6) is 0. The van der Waals surface area contributed by atoms with E-state index >= 15 is 0 Å². The van der Waals surface area contributed by atoms with Gasteiger partial charge in [-0.25, -0.2) is 4.98 Å². The number of halogens is 1. The van der Waals surface area contributed by atoms with Crippen LogP contribution in [0.25, 0.3) is 0 Å². The Kier molecular flexibility index (Phi) is 3.04. The van der Waals surface area contributed by atoms with Gasteiger partial charge >= 0.3 is 0 Å². The summed E-state index contributed by atoms with van der Waals surface area (Å²) in [5.41, 5.74) is -0.298. The van der Waals surface area contributed by atoms with E-state index < -0.39 is 6.04 Å². The van der Waals surface area contributed by atoms with E-state index in [0.29, 0.717) is 6.42 Å². The minimum Gasteiger partial charge on any atom is -0.282 e. The van der Waals surface area contributed by atoms with Gasteiger partial charge in [0.25, 0.3) is 5.56 Å². The zero-order valence-corrected chi connectivity index (χ0v) is 7.82. The van der Waals surface area contributed by atoms with Gasteiger partial charge in [0, 0.05) is 6.07 Å². The van der Waals surface area contributed by atoms with Crippen molar-refractivity contribution in [2.45, 2.75) is 19.4 Å². The van der Waals surface area contributed by atoms with Gasteiger partial charge in [0.05, 0.1) is 6.07 Å². The highest BCUT2D eigenvalue weighted by Gasteiger charge is 2.08. The molecule has 1 heterocycles. The summed E-state index contributed by atoms with van der Waals surface area (Å²) >= 11 is 5.50. The Morgan fingerprint density at radius 1 is 1.85 bits per heavy atom. The third kappa shape index (κ3) is 2.07. The molecule has 1 atom stereocenters. The van der Waals surface area contributed by atoms with E-state index in [1.54, 1.807) is 0 Å². The van der Waals surface area contributed by atoms with E-state index in [1.807, 2.05) is 13.0 Å². The van der Waals surface area contributed by atoms with Gasteiger partial charge in [0.15, 0.2) is 0 Å². The van der Waals surface area contributed by atoms with Crippen molar-refractivity contribution in [1.82, 2.24) is 9.55 Å². The van der Waals surface area contributed by atoms with Crippen LogP contribution in [0.3, 0.4) is 0 Å². The summed E-state index contributed by atoms with van der Waals surface area (Å²) in [7, 11) is 0. The molecule has 0 saturated heterocycles. The quantitative estimate of drug-likeness (QED) is 0.673. The molecule has 1 aromatic rings. The lowest BCUT2D eigenvalue weighted by Crippen LogP contribution is -2.23. The lowest BCUT2D eigenvalue weighted by atomic mass is 10.2. The summed E-state index contributed by atoms with van der Waals surface area (Å²) in [4.78, 5) is 15.0. The third-order valence-corrected chi connectivity index (χ3v) is 1.88. The van der Waals surface area contributed by atoms with E-state index in [-0.39, 0.29) is 10.7 Å². The first kappa shape index (κ1) is 9.75. The Bertz CT molecular complexity index is 393. The van der Waals surface area contributed by atoms with Gasteiger partial charge in [0.2, 0.25) is 0 Å². The minimum atomic E-state index is -0.461. The van der Waals surface area contributed by atoms with Crippen LogP contribution in [-0.2, 0) is 0 Å². The van der Waals surface area contributed by atoms with Crippen LogP contribution in [0.5, 0.6) is 0 Å². The van der Waals surface area contributed by atoms with Crippen molar-refractivity contribution < 1.29 is 0 Å². The van der Waals surface area contributed by atoms with E-state index in [1.165, 1.54) is 17.0 Å². The highest BCUT2D eigenvalue weighted by Crippen LogP contribution is 2.06. The molecule has 1 rings (SSSR count). The molecule has 1 unspecified atom stereocenters. The average Bonchev–Trinajstić information content (AvgIpc) is 2.10. The third-order valence-electron chi connectivity index (χ3n) is 1.67. The average molecular weight is 198 g/mol. The van der Waals surface area contributed by atoms with E-state index in [9.17, 15) is 4.79 Å². The number of nitrogens with zero attached hydrogens (tertiary/aromatic N) is 3. The van der Waals surface area contributed by atoms with Gasteiger partial charge in [-0.05, 0) is 6.42 Å². The molecule has 0 saturated carbocycles. The fourth-order valence-corrected chi connectivity index (χ4v) is 1.11. The monoisotopic (exact) mass is 197 g/mol. The molecule has 0 bridgehead atoms. The first-order chi connectivity index (χ1) is 6.19. The fraction of sp³-hybridized carbons (Fsp3) is 0.375. The summed E-state index contributed by atoms with van der Waals surface area (Å²) in [5, 5.41) is 8.85. The lowest BCUT2D eigenvalue weighted by molar-refractivity contribution is 0.567. The highest BCUT2D eigenvalue weighted by molar-refractivity contribution is 6.29. The number of hydrogen-bond acceptors (Lipinski definition) is 3. The molecule has 0 aliphatic carbocycles. The Hall–Kier alpha value is -1.34. The van der Waals surface area contributed by atoms with Crippen LogP contribution < -0.4 is 5.56 Å². The van der Waals surface area contributed by atoms with Crippen molar-refractivity contribution in [3.63, 3.8) is 0 Å². The molecule has 0 aliphatic rings. The van der Waals surface area contributed by atoms with Gasteiger partial charge in [-0.15, -0.1) is 0 Å². The van der Waals surface area contributed by atoms with E-state index in [4.69, 9.17) is 16.9 Å². The smallest absolute Gasteiger partial charge is 0.255 e. The standard InChI is InChI=1S/C8H8ClN3O/c1-2-6(4-10)12-5-11-7(9)3-8(12)13/h3,5-6H,2H2,1H3. The van der Waals surface area contributed by atoms with Crippen LogP contribution in [0.2, 0.25) is 5.15 Å². The highest BCUT2D eigenvalue weighted by atomic mass is 35.5. The van der Waals surface area contributed by atoms with Crippen LogP contribution in [0.15, 0.2) is 17.2 Å². The first-order valence-electron chi connectivity index (χ1n) is 3.82. The molecule has 1 aromatic heterocycles. The molecule has 0 radical (unpaired) electrons. The number of nitriles is 1. The second kappa shape index (κ2) is 4.06.